The standard InChI is InChI=1S/C14H10BrN3O2S/c15-10-4-1-3-9(7-10)14(19)16-8-12-17-13(18-20-12)11-5-2-6-21-11/h1-7H,8H2,(H,16,19). The average molecular weight is 364 g/mol. The van der Waals surface area contributed by atoms with Crippen molar-refractivity contribution < 1.29 is 9.32 Å². The van der Waals surface area contributed by atoms with E-state index >= 15 is 0 Å². The van der Waals surface area contributed by atoms with Crippen molar-refractivity contribution in [2.45, 2.75) is 6.54 Å². The second-order valence-electron chi connectivity index (χ2n) is 4.18. The Labute approximate surface area is 133 Å². The van der Waals surface area contributed by atoms with Gasteiger partial charge in [-0.25, -0.2) is 0 Å². The largest absolute Gasteiger partial charge is 0.343 e. The summed E-state index contributed by atoms with van der Waals surface area (Å²) in [5, 5.41) is 8.58. The maximum Gasteiger partial charge on any atom is 0.251 e. The maximum absolute atomic E-state index is 12.0. The number of halogens is 1. The number of amides is 1. The summed E-state index contributed by atoms with van der Waals surface area (Å²) in [6.07, 6.45) is 0. The lowest BCUT2D eigenvalue weighted by atomic mass is 10.2. The van der Waals surface area contributed by atoms with E-state index in [-0.39, 0.29) is 12.5 Å². The van der Waals surface area contributed by atoms with Crippen LogP contribution in [0.3, 0.4) is 0 Å². The number of rotatable bonds is 4. The molecule has 1 aromatic carbocycles. The van der Waals surface area contributed by atoms with Crippen molar-refractivity contribution in [3.8, 4) is 10.7 Å². The summed E-state index contributed by atoms with van der Waals surface area (Å²) in [5.74, 6) is 0.727. The van der Waals surface area contributed by atoms with E-state index in [2.05, 4.69) is 31.4 Å². The Morgan fingerprint density at radius 3 is 3.00 bits per heavy atom. The summed E-state index contributed by atoms with van der Waals surface area (Å²) in [5.41, 5.74) is 0.572. The molecule has 0 fully saturated rings. The second-order valence-corrected chi connectivity index (χ2v) is 6.05. The van der Waals surface area contributed by atoms with Crippen LogP contribution in [-0.2, 0) is 6.54 Å². The summed E-state index contributed by atoms with van der Waals surface area (Å²) in [6, 6.07) is 11.0. The van der Waals surface area contributed by atoms with E-state index in [1.165, 1.54) is 11.3 Å². The van der Waals surface area contributed by atoms with Crippen LogP contribution in [-0.4, -0.2) is 16.0 Å². The first-order valence-corrected chi connectivity index (χ1v) is 7.80. The molecule has 0 saturated carbocycles. The zero-order valence-electron chi connectivity index (χ0n) is 10.7. The Morgan fingerprint density at radius 2 is 2.24 bits per heavy atom. The van der Waals surface area contributed by atoms with Crippen LogP contribution in [0.1, 0.15) is 16.2 Å². The topological polar surface area (TPSA) is 68.0 Å². The fourth-order valence-electron chi connectivity index (χ4n) is 1.72. The Hall–Kier alpha value is -1.99. The van der Waals surface area contributed by atoms with Crippen molar-refractivity contribution in [3.63, 3.8) is 0 Å². The van der Waals surface area contributed by atoms with Crippen LogP contribution < -0.4 is 5.32 Å². The minimum absolute atomic E-state index is 0.188. The van der Waals surface area contributed by atoms with Crippen LogP contribution in [0.4, 0.5) is 0 Å². The molecule has 7 heteroatoms. The smallest absolute Gasteiger partial charge is 0.251 e. The Morgan fingerprint density at radius 1 is 1.33 bits per heavy atom. The van der Waals surface area contributed by atoms with Crippen molar-refractivity contribution in [2.75, 3.05) is 0 Å². The van der Waals surface area contributed by atoms with E-state index in [0.717, 1.165) is 9.35 Å². The molecule has 2 heterocycles. The molecule has 0 unspecified atom stereocenters. The van der Waals surface area contributed by atoms with Crippen molar-refractivity contribution >= 4 is 33.2 Å². The number of aromatic nitrogens is 2. The van der Waals surface area contributed by atoms with E-state index in [4.69, 9.17) is 4.52 Å². The SMILES string of the molecule is O=C(NCc1nc(-c2cccs2)no1)c1cccc(Br)c1. The molecular weight excluding hydrogens is 354 g/mol. The Bertz CT molecular complexity index is 755. The third kappa shape index (κ3) is 3.37. The number of nitrogens with zero attached hydrogens (tertiary/aromatic N) is 2. The highest BCUT2D eigenvalue weighted by atomic mass is 79.9. The van der Waals surface area contributed by atoms with Gasteiger partial charge >= 0.3 is 0 Å². The van der Waals surface area contributed by atoms with Crippen LogP contribution in [0, 0.1) is 0 Å². The molecule has 21 heavy (non-hydrogen) atoms. The van der Waals surface area contributed by atoms with E-state index in [1.807, 2.05) is 23.6 Å². The average Bonchev–Trinajstić information content (AvgIpc) is 3.15. The van der Waals surface area contributed by atoms with Gasteiger partial charge in [0.2, 0.25) is 11.7 Å². The molecule has 5 nitrogen and oxygen atoms in total. The minimum Gasteiger partial charge on any atom is -0.343 e. The first-order valence-electron chi connectivity index (χ1n) is 6.12. The van der Waals surface area contributed by atoms with Gasteiger partial charge in [-0.15, -0.1) is 11.3 Å². The normalized spacial score (nSPS) is 10.5. The van der Waals surface area contributed by atoms with Gasteiger partial charge < -0.3 is 9.84 Å². The zero-order chi connectivity index (χ0) is 14.7. The molecule has 0 radical (unpaired) electrons. The highest BCUT2D eigenvalue weighted by Gasteiger charge is 2.11. The number of nitrogens with one attached hydrogen (secondary N) is 1. The molecule has 0 aliphatic rings. The third-order valence-electron chi connectivity index (χ3n) is 2.70. The lowest BCUT2D eigenvalue weighted by molar-refractivity contribution is 0.0946. The maximum atomic E-state index is 12.0. The molecule has 3 aromatic rings. The molecule has 0 atom stereocenters. The number of carbonyl (C=O) groups excluding carboxylic acids is 1. The van der Waals surface area contributed by atoms with Gasteiger partial charge in [-0.3, -0.25) is 4.79 Å². The van der Waals surface area contributed by atoms with Gasteiger partial charge in [-0.1, -0.05) is 33.2 Å². The van der Waals surface area contributed by atoms with Crippen molar-refractivity contribution in [1.29, 1.82) is 0 Å². The van der Waals surface area contributed by atoms with Crippen molar-refractivity contribution in [1.82, 2.24) is 15.5 Å². The van der Waals surface area contributed by atoms with Gasteiger partial charge in [0, 0.05) is 10.0 Å². The highest BCUT2D eigenvalue weighted by molar-refractivity contribution is 9.10. The highest BCUT2D eigenvalue weighted by Crippen LogP contribution is 2.21. The van der Waals surface area contributed by atoms with Crippen LogP contribution in [0.25, 0.3) is 10.7 Å². The van der Waals surface area contributed by atoms with E-state index in [1.54, 1.807) is 18.2 Å². The summed E-state index contributed by atoms with van der Waals surface area (Å²) in [4.78, 5) is 17.2. The molecule has 1 N–H and O–H groups in total. The first kappa shape index (κ1) is 14.0. The molecule has 1 amide bonds. The van der Waals surface area contributed by atoms with Crippen molar-refractivity contribution in [2.24, 2.45) is 0 Å². The molecule has 0 aliphatic heterocycles. The van der Waals surface area contributed by atoms with Gasteiger partial charge in [-0.2, -0.15) is 4.98 Å². The molecule has 106 valence electrons. The van der Waals surface area contributed by atoms with Gasteiger partial charge in [0.25, 0.3) is 5.91 Å². The fourth-order valence-corrected chi connectivity index (χ4v) is 2.77. The van der Waals surface area contributed by atoms with Crippen LogP contribution in [0.5, 0.6) is 0 Å². The predicted octanol–water partition coefficient (Wildman–Crippen LogP) is 3.49. The Kier molecular flexibility index (Phi) is 4.12. The number of hydrogen-bond acceptors (Lipinski definition) is 5. The minimum atomic E-state index is -0.188. The number of hydrogen-bond donors (Lipinski definition) is 1. The number of carbonyl (C=O) groups is 1. The van der Waals surface area contributed by atoms with Gasteiger partial charge in [0.05, 0.1) is 11.4 Å². The van der Waals surface area contributed by atoms with Crippen LogP contribution in [0.2, 0.25) is 0 Å². The summed E-state index contributed by atoms with van der Waals surface area (Å²) in [7, 11) is 0. The zero-order valence-corrected chi connectivity index (χ0v) is 13.1. The van der Waals surface area contributed by atoms with Gasteiger partial charge in [-0.05, 0) is 29.6 Å². The second kappa shape index (κ2) is 6.19. The Balaban J connectivity index is 1.64. The lowest BCUT2D eigenvalue weighted by Gasteiger charge is -2.02. The molecule has 0 bridgehead atoms. The molecule has 3 rings (SSSR count). The van der Waals surface area contributed by atoms with E-state index < -0.39 is 0 Å². The molecule has 0 aliphatic carbocycles. The summed E-state index contributed by atoms with van der Waals surface area (Å²) >= 11 is 4.87. The number of benzene rings is 1. The number of thiophene rings is 1. The van der Waals surface area contributed by atoms with Gasteiger partial charge in [0.1, 0.15) is 0 Å². The quantitative estimate of drug-likeness (QED) is 0.770. The molecule has 0 saturated heterocycles. The third-order valence-corrected chi connectivity index (χ3v) is 4.06. The predicted molar refractivity (Wildman–Crippen MR) is 82.9 cm³/mol. The van der Waals surface area contributed by atoms with Gasteiger partial charge in [0.15, 0.2) is 0 Å². The van der Waals surface area contributed by atoms with E-state index in [9.17, 15) is 4.79 Å². The molecule has 0 spiro atoms. The fraction of sp³-hybridized carbons (Fsp3) is 0.0714. The monoisotopic (exact) mass is 363 g/mol. The van der Waals surface area contributed by atoms with Crippen LogP contribution >= 0.6 is 27.3 Å². The van der Waals surface area contributed by atoms with Crippen molar-refractivity contribution in [3.05, 3.63) is 57.7 Å². The lowest BCUT2D eigenvalue weighted by Crippen LogP contribution is -2.22. The molecule has 2 aromatic heterocycles. The van der Waals surface area contributed by atoms with E-state index in [0.29, 0.717) is 17.3 Å². The molecular formula is C14H10BrN3O2S. The first-order chi connectivity index (χ1) is 10.2. The summed E-state index contributed by atoms with van der Waals surface area (Å²) < 4.78 is 5.97. The summed E-state index contributed by atoms with van der Waals surface area (Å²) in [6.45, 7) is 0.198. The van der Waals surface area contributed by atoms with Crippen LogP contribution in [0.15, 0.2) is 50.8 Å².